The zero-order valence-electron chi connectivity index (χ0n) is 48.1. The normalized spacial score (nSPS) is 12.2. The van der Waals surface area contributed by atoms with Gasteiger partial charge >= 0.3 is 0 Å². The van der Waals surface area contributed by atoms with Crippen LogP contribution in [0.1, 0.15) is 0 Å². The molecule has 6 aromatic heterocycles. The van der Waals surface area contributed by atoms with Gasteiger partial charge < -0.3 is 27.8 Å². The van der Waals surface area contributed by atoms with E-state index in [1.165, 1.54) is 83.7 Å². The van der Waals surface area contributed by atoms with Crippen molar-refractivity contribution in [1.82, 2.24) is 9.13 Å². The highest BCUT2D eigenvalue weighted by atomic mass is 32.1. The van der Waals surface area contributed by atoms with Gasteiger partial charge in [-0.05, 0) is 168 Å². The van der Waals surface area contributed by atoms with Crippen molar-refractivity contribution in [3.05, 3.63) is 291 Å². The van der Waals surface area contributed by atoms with E-state index >= 15 is 0 Å². The summed E-state index contributed by atoms with van der Waals surface area (Å²) in [5.74, 6) is 0. The number of anilines is 6. The topological polar surface area (TPSA) is 42.6 Å². The minimum absolute atomic E-state index is 0.874. The van der Waals surface area contributed by atoms with Gasteiger partial charge in [-0.3, -0.25) is 0 Å². The Kier molecular flexibility index (Phi) is 10.5. The predicted octanol–water partition coefficient (Wildman–Crippen LogP) is 24.5. The summed E-state index contributed by atoms with van der Waals surface area (Å²) in [7, 11) is 0. The molecule has 8 heteroatoms. The van der Waals surface area contributed by atoms with E-state index < -0.39 is 0 Å². The van der Waals surface area contributed by atoms with Gasteiger partial charge in [0.15, 0.2) is 0 Å². The van der Waals surface area contributed by atoms with Crippen LogP contribution in [0.15, 0.2) is 300 Å². The van der Waals surface area contributed by atoms with E-state index in [1.54, 1.807) is 0 Å². The molecular weight excluding hydrogens is 1140 g/mol. The Morgan fingerprint density at radius 1 is 0.222 bits per heavy atom. The molecular formula is C82H48N4O2S2. The fraction of sp³-hybridized carbons (Fsp3) is 0. The van der Waals surface area contributed by atoms with E-state index in [9.17, 15) is 0 Å². The van der Waals surface area contributed by atoms with E-state index in [0.29, 0.717) is 0 Å². The van der Waals surface area contributed by atoms with E-state index in [-0.39, 0.29) is 0 Å². The Labute approximate surface area is 522 Å². The molecule has 0 fully saturated rings. The third kappa shape index (κ3) is 7.43. The summed E-state index contributed by atoms with van der Waals surface area (Å²) < 4.78 is 22.6. The van der Waals surface area contributed by atoms with Gasteiger partial charge in [-0.15, -0.1) is 22.7 Å². The lowest BCUT2D eigenvalue weighted by atomic mass is 10.0. The molecule has 0 unspecified atom stereocenters. The molecule has 0 bridgehead atoms. The number of hydrogen-bond donors (Lipinski definition) is 0. The smallest absolute Gasteiger partial charge is 0.135 e. The van der Waals surface area contributed by atoms with Gasteiger partial charge in [-0.2, -0.15) is 0 Å². The number of aromatic nitrogens is 2. The fourth-order valence-corrected chi connectivity index (χ4v) is 16.9. The molecule has 420 valence electrons. The van der Waals surface area contributed by atoms with Crippen LogP contribution in [0, 0.1) is 0 Å². The number of nitrogens with zero attached hydrogens (tertiary/aromatic N) is 4. The maximum atomic E-state index is 6.39. The standard InChI is InChI=1S/C82H48N4O2S2/c1-3-15-51(16-4-1)85-71-23-11-7-19-59(71)61-33-27-55(45-73(61)85)83(53-31-37-77-67(43-53)63-21-9-13-25-75(63)87-77)57-29-35-65-69-39-49-42-80-70(40-50(49)41-79(69)89-81(65)47-57)66-36-30-58(48-82(66)90-80)84(54-32-38-78-68(44-54)64-22-10-14-26-76(64)88-78)56-28-34-62-60-20-8-12-24-72(60)86(74(62)46-56)52-17-5-2-6-18-52/h1-48H. The van der Waals surface area contributed by atoms with Crippen molar-refractivity contribution in [2.24, 2.45) is 0 Å². The van der Waals surface area contributed by atoms with Gasteiger partial charge in [0.25, 0.3) is 0 Å². The number of hydrogen-bond acceptors (Lipinski definition) is 6. The predicted molar refractivity (Wildman–Crippen MR) is 382 cm³/mol. The first kappa shape index (κ1) is 49.7. The minimum Gasteiger partial charge on any atom is -0.456 e. The number of fused-ring (bicyclic) bond motifs is 19. The monoisotopic (exact) mass is 1180 g/mol. The molecule has 0 aliphatic rings. The molecule has 6 heterocycles. The van der Waals surface area contributed by atoms with Crippen LogP contribution >= 0.6 is 22.7 Å². The van der Waals surface area contributed by atoms with Crippen LogP contribution in [-0.4, -0.2) is 9.13 Å². The van der Waals surface area contributed by atoms with Crippen LogP contribution in [-0.2, 0) is 0 Å². The van der Waals surface area contributed by atoms with Gasteiger partial charge in [0.2, 0.25) is 0 Å². The number of furan rings is 2. The summed E-state index contributed by atoms with van der Waals surface area (Å²) >= 11 is 3.74. The number of benzene rings is 14. The van der Waals surface area contributed by atoms with Gasteiger partial charge in [0.05, 0.1) is 22.1 Å². The molecule has 0 atom stereocenters. The summed E-state index contributed by atoms with van der Waals surface area (Å²) in [6.45, 7) is 0. The zero-order chi connectivity index (χ0) is 58.7. The molecule has 0 amide bonds. The molecule has 0 aliphatic heterocycles. The molecule has 14 aromatic carbocycles. The lowest BCUT2D eigenvalue weighted by Crippen LogP contribution is -2.10. The first-order chi connectivity index (χ1) is 44.6. The third-order valence-electron chi connectivity index (χ3n) is 18.6. The summed E-state index contributed by atoms with van der Waals surface area (Å²) in [5, 5.41) is 16.8. The third-order valence-corrected chi connectivity index (χ3v) is 20.8. The van der Waals surface area contributed by atoms with Crippen LogP contribution in [0.25, 0.3) is 150 Å². The van der Waals surface area contributed by atoms with Gasteiger partial charge in [0, 0.05) is 129 Å². The SMILES string of the molecule is c1ccc(-n2c3ccccc3c3ccc(N(c4ccc5c(c4)sc4cc6cc7c(cc6cc45)sc4cc(N(c5ccc6oc8ccccc8c6c5)c5ccc6c8ccccc8n(-c8ccccc8)c6c5)ccc47)c4ccc5oc6ccccc6c5c4)cc32)cc1. The molecule has 0 spiro atoms. The molecule has 0 aliphatic carbocycles. The second kappa shape index (κ2) is 19.0. The Morgan fingerprint density at radius 3 is 1.01 bits per heavy atom. The Bertz CT molecular complexity index is 5990. The van der Waals surface area contributed by atoms with Crippen molar-refractivity contribution in [1.29, 1.82) is 0 Å². The average molecular weight is 1190 g/mol. The molecule has 0 saturated heterocycles. The number of rotatable bonds is 8. The lowest BCUT2D eigenvalue weighted by Gasteiger charge is -2.26. The molecule has 0 N–H and O–H groups in total. The van der Waals surface area contributed by atoms with Crippen LogP contribution in [0.3, 0.4) is 0 Å². The maximum Gasteiger partial charge on any atom is 0.135 e. The van der Waals surface area contributed by atoms with Crippen LogP contribution < -0.4 is 9.80 Å². The average Bonchev–Trinajstić information content (AvgIpc) is 1.77. The van der Waals surface area contributed by atoms with Crippen molar-refractivity contribution in [3.63, 3.8) is 0 Å². The highest BCUT2D eigenvalue weighted by Crippen LogP contribution is 2.48. The second-order valence-corrected chi connectivity index (χ2v) is 25.8. The van der Waals surface area contributed by atoms with Gasteiger partial charge in [0.1, 0.15) is 22.3 Å². The maximum absolute atomic E-state index is 6.39. The van der Waals surface area contributed by atoms with Crippen molar-refractivity contribution in [2.45, 2.75) is 0 Å². The first-order valence-corrected chi connectivity index (χ1v) is 32.1. The molecule has 0 saturated carbocycles. The largest absolute Gasteiger partial charge is 0.456 e. The number of para-hydroxylation sites is 6. The molecule has 6 nitrogen and oxygen atoms in total. The highest BCUT2D eigenvalue weighted by molar-refractivity contribution is 7.26. The van der Waals surface area contributed by atoms with E-state index in [1.807, 2.05) is 34.8 Å². The summed E-state index contributed by atoms with van der Waals surface area (Å²) in [4.78, 5) is 4.84. The zero-order valence-corrected chi connectivity index (χ0v) is 49.8. The molecule has 0 radical (unpaired) electrons. The van der Waals surface area contributed by atoms with Crippen molar-refractivity contribution < 1.29 is 8.83 Å². The Morgan fingerprint density at radius 2 is 0.556 bits per heavy atom. The fourth-order valence-electron chi connectivity index (χ4n) is 14.6. The van der Waals surface area contributed by atoms with Crippen molar-refractivity contribution in [2.75, 3.05) is 9.80 Å². The van der Waals surface area contributed by atoms with E-state index in [2.05, 4.69) is 298 Å². The van der Waals surface area contributed by atoms with Gasteiger partial charge in [-0.25, -0.2) is 0 Å². The molecule has 90 heavy (non-hydrogen) atoms. The van der Waals surface area contributed by atoms with Crippen LogP contribution in [0.5, 0.6) is 0 Å². The summed E-state index contributed by atoms with van der Waals surface area (Å²) in [6.07, 6.45) is 0. The number of thiophene rings is 2. The van der Waals surface area contributed by atoms with Gasteiger partial charge in [-0.1, -0.05) is 133 Å². The lowest BCUT2D eigenvalue weighted by molar-refractivity contribution is 0.668. The van der Waals surface area contributed by atoms with Crippen LogP contribution in [0.2, 0.25) is 0 Å². The Balaban J connectivity index is 0.720. The molecule has 20 rings (SSSR count). The van der Waals surface area contributed by atoms with E-state index in [0.717, 1.165) is 100 Å². The first-order valence-electron chi connectivity index (χ1n) is 30.4. The summed E-state index contributed by atoms with van der Waals surface area (Å²) in [5.41, 5.74) is 16.9. The van der Waals surface area contributed by atoms with E-state index in [4.69, 9.17) is 8.83 Å². The quantitative estimate of drug-likeness (QED) is 0.152. The summed E-state index contributed by atoms with van der Waals surface area (Å²) in [6, 6.07) is 106. The Hall–Kier alpha value is -11.4. The van der Waals surface area contributed by atoms with Crippen molar-refractivity contribution >= 4 is 195 Å². The highest BCUT2D eigenvalue weighted by Gasteiger charge is 2.24. The minimum atomic E-state index is 0.874. The second-order valence-electron chi connectivity index (χ2n) is 23.6. The van der Waals surface area contributed by atoms with Crippen molar-refractivity contribution in [3.8, 4) is 11.4 Å². The van der Waals surface area contributed by atoms with Crippen LogP contribution in [0.4, 0.5) is 34.1 Å². The molecule has 20 aromatic rings.